The van der Waals surface area contributed by atoms with Crippen molar-refractivity contribution < 1.29 is 4.39 Å². The van der Waals surface area contributed by atoms with Gasteiger partial charge in [-0.3, -0.25) is 4.98 Å². The summed E-state index contributed by atoms with van der Waals surface area (Å²) < 4.78 is 14.2. The molecule has 0 aliphatic carbocycles. The number of fused-ring (bicyclic) bond motifs is 1. The number of nitrogens with two attached hydrogens (primary N) is 1. The van der Waals surface area contributed by atoms with E-state index in [1.54, 1.807) is 6.20 Å². The Morgan fingerprint density at radius 1 is 1.48 bits per heavy atom. The van der Waals surface area contributed by atoms with E-state index in [-0.39, 0.29) is 5.82 Å². The molecule has 1 unspecified atom stereocenters. The molecule has 3 N–H and O–H groups in total. The lowest BCUT2D eigenvalue weighted by Crippen LogP contribution is -2.40. The monoisotopic (exact) mass is 288 g/mol. The molecule has 1 aromatic carbocycles. The molecule has 112 valence electrons. The van der Waals surface area contributed by atoms with E-state index < -0.39 is 0 Å². The molecule has 4 nitrogen and oxygen atoms in total. The number of likely N-dealkylation sites (tertiary alicyclic amines) is 1. The van der Waals surface area contributed by atoms with Crippen LogP contribution >= 0.6 is 0 Å². The van der Waals surface area contributed by atoms with E-state index in [1.807, 2.05) is 12.1 Å². The first-order chi connectivity index (χ1) is 10.2. The maximum atomic E-state index is 14.2. The number of halogens is 1. The zero-order valence-electron chi connectivity index (χ0n) is 12.3. The summed E-state index contributed by atoms with van der Waals surface area (Å²) in [4.78, 5) is 6.62. The van der Waals surface area contributed by atoms with Crippen LogP contribution in [0.5, 0.6) is 0 Å². The molecule has 0 spiro atoms. The Kier molecular flexibility index (Phi) is 3.92. The average Bonchev–Trinajstić information content (AvgIpc) is 2.49. The molecular weight excluding hydrogens is 267 g/mol. The van der Waals surface area contributed by atoms with Crippen molar-refractivity contribution >= 4 is 22.3 Å². The predicted molar refractivity (Wildman–Crippen MR) is 84.9 cm³/mol. The average molecular weight is 288 g/mol. The molecule has 0 amide bonds. The van der Waals surface area contributed by atoms with E-state index in [1.165, 1.54) is 18.9 Å². The normalized spacial score (nSPS) is 19.8. The van der Waals surface area contributed by atoms with Crippen LogP contribution in [0.3, 0.4) is 0 Å². The number of rotatable bonds is 3. The van der Waals surface area contributed by atoms with E-state index in [4.69, 9.17) is 5.73 Å². The van der Waals surface area contributed by atoms with Crippen molar-refractivity contribution in [2.75, 3.05) is 31.2 Å². The van der Waals surface area contributed by atoms with Crippen LogP contribution in [0.4, 0.5) is 15.8 Å². The number of likely N-dealkylation sites (N-methyl/N-ethyl adjacent to an activating group) is 1. The lowest BCUT2D eigenvalue weighted by atomic mass is 10.0. The van der Waals surface area contributed by atoms with Crippen LogP contribution in [0, 0.1) is 5.82 Å². The summed E-state index contributed by atoms with van der Waals surface area (Å²) in [5, 5.41) is 4.04. The summed E-state index contributed by atoms with van der Waals surface area (Å²) in [6.45, 7) is 1.83. The molecule has 21 heavy (non-hydrogen) atoms. The first-order valence-electron chi connectivity index (χ1n) is 7.43. The van der Waals surface area contributed by atoms with Gasteiger partial charge in [-0.05, 0) is 44.6 Å². The smallest absolute Gasteiger partial charge is 0.150 e. The van der Waals surface area contributed by atoms with Crippen LogP contribution in [0.25, 0.3) is 10.9 Å². The molecule has 1 saturated heterocycles. The number of benzene rings is 1. The van der Waals surface area contributed by atoms with Crippen LogP contribution < -0.4 is 11.1 Å². The second-order valence-electron chi connectivity index (χ2n) is 5.73. The fourth-order valence-corrected chi connectivity index (χ4v) is 3.03. The number of piperidine rings is 1. The standard InChI is InChI=1S/C16H21FN4/c1-21-8-3-2-5-11(21)10-20-16-13(17)9-14(18)12-6-4-7-19-15(12)16/h4,6-7,9,11,20H,2-3,5,8,10,18H2,1H3. The highest BCUT2D eigenvalue weighted by molar-refractivity contribution is 5.98. The summed E-state index contributed by atoms with van der Waals surface area (Å²) in [6.07, 6.45) is 5.29. The molecule has 1 aromatic heterocycles. The van der Waals surface area contributed by atoms with Gasteiger partial charge in [0.05, 0.1) is 11.2 Å². The third kappa shape index (κ3) is 2.78. The number of nitrogens with one attached hydrogen (secondary N) is 1. The summed E-state index contributed by atoms with van der Waals surface area (Å²) in [7, 11) is 2.13. The van der Waals surface area contributed by atoms with Crippen molar-refractivity contribution in [1.29, 1.82) is 0 Å². The molecular formula is C16H21FN4. The zero-order valence-corrected chi connectivity index (χ0v) is 12.3. The van der Waals surface area contributed by atoms with Crippen LogP contribution in [-0.2, 0) is 0 Å². The Morgan fingerprint density at radius 2 is 2.33 bits per heavy atom. The third-order valence-corrected chi connectivity index (χ3v) is 4.31. The Balaban J connectivity index is 1.86. The Hall–Kier alpha value is -1.88. The summed E-state index contributed by atoms with van der Waals surface area (Å²) in [5.74, 6) is -0.336. The Bertz CT molecular complexity index is 643. The third-order valence-electron chi connectivity index (χ3n) is 4.31. The molecule has 2 aromatic rings. The predicted octanol–water partition coefficient (Wildman–Crippen LogP) is 2.85. The van der Waals surface area contributed by atoms with Gasteiger partial charge >= 0.3 is 0 Å². The van der Waals surface area contributed by atoms with Gasteiger partial charge in [-0.1, -0.05) is 6.42 Å². The van der Waals surface area contributed by atoms with Crippen LogP contribution in [0.1, 0.15) is 19.3 Å². The molecule has 3 rings (SSSR count). The number of anilines is 2. The molecule has 1 aliphatic heterocycles. The number of aromatic nitrogens is 1. The highest BCUT2D eigenvalue weighted by atomic mass is 19.1. The summed E-state index contributed by atoms with van der Waals surface area (Å²) in [6, 6.07) is 5.50. The van der Waals surface area contributed by atoms with Gasteiger partial charge in [0.1, 0.15) is 0 Å². The molecule has 0 saturated carbocycles. The van der Waals surface area contributed by atoms with Gasteiger partial charge < -0.3 is 16.0 Å². The number of pyridine rings is 1. The molecule has 0 radical (unpaired) electrons. The highest BCUT2D eigenvalue weighted by Crippen LogP contribution is 2.30. The topological polar surface area (TPSA) is 54.2 Å². The second kappa shape index (κ2) is 5.85. The van der Waals surface area contributed by atoms with Gasteiger partial charge in [-0.2, -0.15) is 0 Å². The van der Waals surface area contributed by atoms with E-state index in [2.05, 4.69) is 22.2 Å². The van der Waals surface area contributed by atoms with Crippen molar-refractivity contribution in [2.24, 2.45) is 0 Å². The van der Waals surface area contributed by atoms with Gasteiger partial charge in [-0.15, -0.1) is 0 Å². The molecule has 2 heterocycles. The van der Waals surface area contributed by atoms with Gasteiger partial charge in [-0.25, -0.2) is 4.39 Å². The Morgan fingerprint density at radius 3 is 3.14 bits per heavy atom. The molecule has 1 fully saturated rings. The maximum Gasteiger partial charge on any atom is 0.150 e. The Labute approximate surface area is 124 Å². The van der Waals surface area contributed by atoms with E-state index in [9.17, 15) is 4.39 Å². The SMILES string of the molecule is CN1CCCCC1CNc1c(F)cc(N)c2cccnc12. The highest BCUT2D eigenvalue weighted by Gasteiger charge is 2.20. The lowest BCUT2D eigenvalue weighted by Gasteiger charge is -2.32. The lowest BCUT2D eigenvalue weighted by molar-refractivity contribution is 0.194. The zero-order chi connectivity index (χ0) is 14.8. The van der Waals surface area contributed by atoms with Crippen molar-refractivity contribution in [2.45, 2.75) is 25.3 Å². The number of nitrogen functional groups attached to an aromatic ring is 1. The molecule has 1 aliphatic rings. The fourth-order valence-electron chi connectivity index (χ4n) is 3.03. The van der Waals surface area contributed by atoms with Gasteiger partial charge in [0.25, 0.3) is 0 Å². The van der Waals surface area contributed by atoms with Gasteiger partial charge in [0.2, 0.25) is 0 Å². The van der Waals surface area contributed by atoms with E-state index in [0.29, 0.717) is 22.9 Å². The van der Waals surface area contributed by atoms with Crippen LogP contribution in [0.2, 0.25) is 0 Å². The largest absolute Gasteiger partial charge is 0.398 e. The van der Waals surface area contributed by atoms with Crippen molar-refractivity contribution in [3.63, 3.8) is 0 Å². The molecule has 5 heteroatoms. The minimum Gasteiger partial charge on any atom is -0.398 e. The number of hydrogen-bond acceptors (Lipinski definition) is 4. The van der Waals surface area contributed by atoms with Crippen molar-refractivity contribution in [3.8, 4) is 0 Å². The van der Waals surface area contributed by atoms with Crippen LogP contribution in [-0.4, -0.2) is 36.1 Å². The summed E-state index contributed by atoms with van der Waals surface area (Å²) >= 11 is 0. The van der Waals surface area contributed by atoms with Crippen molar-refractivity contribution in [3.05, 3.63) is 30.2 Å². The van der Waals surface area contributed by atoms with Crippen molar-refractivity contribution in [1.82, 2.24) is 9.88 Å². The second-order valence-corrected chi connectivity index (χ2v) is 5.73. The fraction of sp³-hybridized carbons (Fsp3) is 0.438. The minimum absolute atomic E-state index is 0.336. The van der Waals surface area contributed by atoms with E-state index in [0.717, 1.165) is 24.9 Å². The van der Waals surface area contributed by atoms with Crippen LogP contribution in [0.15, 0.2) is 24.4 Å². The minimum atomic E-state index is -0.336. The van der Waals surface area contributed by atoms with Gasteiger partial charge in [0.15, 0.2) is 5.82 Å². The first-order valence-corrected chi connectivity index (χ1v) is 7.43. The molecule has 0 bridgehead atoms. The van der Waals surface area contributed by atoms with Gasteiger partial charge in [0, 0.05) is 29.9 Å². The molecule has 1 atom stereocenters. The maximum absolute atomic E-state index is 14.2. The summed E-state index contributed by atoms with van der Waals surface area (Å²) in [5.41, 5.74) is 7.36. The van der Waals surface area contributed by atoms with E-state index >= 15 is 0 Å². The number of nitrogens with zero attached hydrogens (tertiary/aromatic N) is 2. The number of hydrogen-bond donors (Lipinski definition) is 2. The first kappa shape index (κ1) is 14.1. The quantitative estimate of drug-likeness (QED) is 0.853.